The van der Waals surface area contributed by atoms with E-state index in [9.17, 15) is 15.2 Å². The van der Waals surface area contributed by atoms with Crippen molar-refractivity contribution in [1.82, 2.24) is 9.80 Å². The molecular weight excluding hydrogens is 290 g/mol. The lowest BCUT2D eigenvalue weighted by molar-refractivity contribution is -0.142. The van der Waals surface area contributed by atoms with E-state index >= 15 is 0 Å². The number of carbonyl (C=O) groups is 1. The van der Waals surface area contributed by atoms with Gasteiger partial charge in [-0.05, 0) is 18.3 Å². The number of β-amino-alcohol motifs (C(OH)–C–C–N with tert-alkyl or cyclic N) is 1. The van der Waals surface area contributed by atoms with Crippen LogP contribution in [0.2, 0.25) is 0 Å². The molecule has 2 aliphatic rings. The van der Waals surface area contributed by atoms with Crippen LogP contribution < -0.4 is 0 Å². The molecule has 0 spiro atoms. The normalized spacial score (nSPS) is 24.0. The summed E-state index contributed by atoms with van der Waals surface area (Å²) in [4.78, 5) is 16.9. The SMILES string of the molecule is CC(C)(C)C(O)CN1CCN(C(=O)C2(C#N)CCCCC2)CC1. The Bertz CT molecular complexity index is 450. The second-order valence-corrected chi connectivity index (χ2v) is 8.23. The summed E-state index contributed by atoms with van der Waals surface area (Å²) in [6.07, 6.45) is 4.16. The predicted octanol–water partition coefficient (Wildman–Crippen LogP) is 2.01. The number of carbonyl (C=O) groups excluding carboxylic acids is 1. The summed E-state index contributed by atoms with van der Waals surface area (Å²) in [6, 6.07) is 2.33. The fourth-order valence-electron chi connectivity index (χ4n) is 3.48. The third kappa shape index (κ3) is 4.24. The van der Waals surface area contributed by atoms with E-state index in [-0.39, 0.29) is 17.4 Å². The largest absolute Gasteiger partial charge is 0.391 e. The van der Waals surface area contributed by atoms with Gasteiger partial charge in [0.2, 0.25) is 5.91 Å². The highest BCUT2D eigenvalue weighted by molar-refractivity contribution is 5.85. The first-order chi connectivity index (χ1) is 10.8. The molecule has 130 valence electrons. The van der Waals surface area contributed by atoms with Gasteiger partial charge < -0.3 is 10.0 Å². The lowest BCUT2D eigenvalue weighted by atomic mass is 9.74. The zero-order valence-electron chi connectivity index (χ0n) is 14.8. The van der Waals surface area contributed by atoms with Crippen LogP contribution in [-0.2, 0) is 4.79 Å². The van der Waals surface area contributed by atoms with Crippen LogP contribution >= 0.6 is 0 Å². The number of aliphatic hydroxyl groups excluding tert-OH is 1. The molecule has 1 atom stereocenters. The molecule has 1 heterocycles. The van der Waals surface area contributed by atoms with Gasteiger partial charge in [0.15, 0.2) is 0 Å². The van der Waals surface area contributed by atoms with Gasteiger partial charge in [0.25, 0.3) is 0 Å². The number of rotatable bonds is 3. The number of nitrogens with zero attached hydrogens (tertiary/aromatic N) is 3. The summed E-state index contributed by atoms with van der Waals surface area (Å²) < 4.78 is 0. The van der Waals surface area contributed by atoms with Crippen molar-refractivity contribution in [3.8, 4) is 6.07 Å². The van der Waals surface area contributed by atoms with Crippen molar-refractivity contribution in [1.29, 1.82) is 5.26 Å². The molecule has 5 nitrogen and oxygen atoms in total. The van der Waals surface area contributed by atoms with E-state index in [0.29, 0.717) is 32.5 Å². The van der Waals surface area contributed by atoms with Crippen LogP contribution in [0.4, 0.5) is 0 Å². The minimum atomic E-state index is -0.772. The van der Waals surface area contributed by atoms with E-state index in [1.165, 1.54) is 0 Å². The van der Waals surface area contributed by atoms with Crippen molar-refractivity contribution in [2.75, 3.05) is 32.7 Å². The average molecular weight is 321 g/mol. The van der Waals surface area contributed by atoms with E-state index in [1.54, 1.807) is 0 Å². The maximum absolute atomic E-state index is 12.8. The Labute approximate surface area is 140 Å². The lowest BCUT2D eigenvalue weighted by Crippen LogP contribution is -2.55. The quantitative estimate of drug-likeness (QED) is 0.863. The maximum Gasteiger partial charge on any atom is 0.243 e. The Morgan fingerprint density at radius 2 is 1.74 bits per heavy atom. The Morgan fingerprint density at radius 1 is 1.17 bits per heavy atom. The number of hydrogen-bond acceptors (Lipinski definition) is 4. The van der Waals surface area contributed by atoms with Crippen LogP contribution in [0.5, 0.6) is 0 Å². The lowest BCUT2D eigenvalue weighted by Gasteiger charge is -2.41. The number of aliphatic hydroxyl groups is 1. The van der Waals surface area contributed by atoms with Crippen molar-refractivity contribution in [3.63, 3.8) is 0 Å². The molecule has 5 heteroatoms. The van der Waals surface area contributed by atoms with Crippen molar-refractivity contribution >= 4 is 5.91 Å². The minimum absolute atomic E-state index is 0.0377. The van der Waals surface area contributed by atoms with Gasteiger partial charge in [-0.15, -0.1) is 0 Å². The van der Waals surface area contributed by atoms with E-state index in [2.05, 4.69) is 11.0 Å². The van der Waals surface area contributed by atoms with Crippen molar-refractivity contribution < 1.29 is 9.90 Å². The number of hydrogen-bond donors (Lipinski definition) is 1. The molecule has 1 saturated carbocycles. The summed E-state index contributed by atoms with van der Waals surface area (Å²) in [7, 11) is 0. The van der Waals surface area contributed by atoms with Gasteiger partial charge in [0.05, 0.1) is 12.2 Å². The van der Waals surface area contributed by atoms with Crippen LogP contribution in [0.1, 0.15) is 52.9 Å². The number of piperazine rings is 1. The van der Waals surface area contributed by atoms with Gasteiger partial charge in [0, 0.05) is 32.7 Å². The molecule has 0 bridgehead atoms. The predicted molar refractivity (Wildman–Crippen MR) is 89.6 cm³/mol. The minimum Gasteiger partial charge on any atom is -0.391 e. The third-order valence-electron chi connectivity index (χ3n) is 5.42. The second kappa shape index (κ2) is 7.19. The Kier molecular flexibility index (Phi) is 5.70. The molecule has 0 radical (unpaired) electrons. The smallest absolute Gasteiger partial charge is 0.243 e. The molecular formula is C18H31N3O2. The first-order valence-electron chi connectivity index (χ1n) is 8.89. The average Bonchev–Trinajstić information content (AvgIpc) is 2.54. The Hall–Kier alpha value is -1.12. The molecule has 1 aliphatic heterocycles. The monoisotopic (exact) mass is 321 g/mol. The van der Waals surface area contributed by atoms with Gasteiger partial charge in [0.1, 0.15) is 5.41 Å². The second-order valence-electron chi connectivity index (χ2n) is 8.23. The molecule has 0 aromatic carbocycles. The van der Waals surface area contributed by atoms with Gasteiger partial charge >= 0.3 is 0 Å². The summed E-state index contributed by atoms with van der Waals surface area (Å²) in [6.45, 7) is 9.65. The van der Waals surface area contributed by atoms with Crippen LogP contribution in [-0.4, -0.2) is 59.6 Å². The standard InChI is InChI=1S/C18H31N3O2/c1-17(2,3)15(22)13-20-9-11-21(12-10-20)16(23)18(14-19)7-5-4-6-8-18/h15,22H,4-13H2,1-3H3. The molecule has 1 saturated heterocycles. The van der Waals surface area contributed by atoms with Gasteiger partial charge in [-0.1, -0.05) is 40.0 Å². The van der Waals surface area contributed by atoms with Gasteiger partial charge in [-0.25, -0.2) is 0 Å². The fraction of sp³-hybridized carbons (Fsp3) is 0.889. The topological polar surface area (TPSA) is 67.6 Å². The van der Waals surface area contributed by atoms with E-state index in [1.807, 2.05) is 25.7 Å². The van der Waals surface area contributed by atoms with Gasteiger partial charge in [-0.2, -0.15) is 5.26 Å². The fourth-order valence-corrected chi connectivity index (χ4v) is 3.48. The molecule has 1 unspecified atom stereocenters. The summed E-state index contributed by atoms with van der Waals surface area (Å²) in [5, 5.41) is 19.8. The third-order valence-corrected chi connectivity index (χ3v) is 5.42. The molecule has 0 aromatic rings. The van der Waals surface area contributed by atoms with Crippen molar-refractivity contribution in [2.45, 2.75) is 59.0 Å². The molecule has 1 aliphatic carbocycles. The highest BCUT2D eigenvalue weighted by Gasteiger charge is 2.43. The van der Waals surface area contributed by atoms with Crippen LogP contribution in [0.25, 0.3) is 0 Å². The molecule has 2 fully saturated rings. The summed E-state index contributed by atoms with van der Waals surface area (Å²) in [5.74, 6) is 0.0377. The molecule has 2 rings (SSSR count). The Morgan fingerprint density at radius 3 is 2.22 bits per heavy atom. The first-order valence-corrected chi connectivity index (χ1v) is 8.89. The van der Waals surface area contributed by atoms with Crippen LogP contribution in [0, 0.1) is 22.2 Å². The van der Waals surface area contributed by atoms with Crippen molar-refractivity contribution in [2.24, 2.45) is 10.8 Å². The van der Waals surface area contributed by atoms with E-state index in [0.717, 1.165) is 32.4 Å². The highest BCUT2D eigenvalue weighted by Crippen LogP contribution is 2.37. The summed E-state index contributed by atoms with van der Waals surface area (Å²) in [5.41, 5.74) is -0.898. The van der Waals surface area contributed by atoms with Crippen LogP contribution in [0.3, 0.4) is 0 Å². The molecule has 0 aromatic heterocycles. The molecule has 23 heavy (non-hydrogen) atoms. The maximum atomic E-state index is 12.8. The first kappa shape index (κ1) is 18.2. The Balaban J connectivity index is 1.89. The highest BCUT2D eigenvalue weighted by atomic mass is 16.3. The number of nitriles is 1. The zero-order valence-corrected chi connectivity index (χ0v) is 14.8. The van der Waals surface area contributed by atoms with Crippen LogP contribution in [0.15, 0.2) is 0 Å². The van der Waals surface area contributed by atoms with E-state index in [4.69, 9.17) is 0 Å². The van der Waals surface area contributed by atoms with Gasteiger partial charge in [-0.3, -0.25) is 9.69 Å². The van der Waals surface area contributed by atoms with Crippen molar-refractivity contribution in [3.05, 3.63) is 0 Å². The zero-order chi connectivity index (χ0) is 17.1. The van der Waals surface area contributed by atoms with E-state index < -0.39 is 5.41 Å². The number of amides is 1. The molecule has 1 N–H and O–H groups in total. The summed E-state index contributed by atoms with van der Waals surface area (Å²) >= 11 is 0. The molecule has 1 amide bonds.